The first-order chi connectivity index (χ1) is 12.1. The molecule has 0 amide bonds. The van der Waals surface area contributed by atoms with Crippen LogP contribution in [-0.4, -0.2) is 9.36 Å². The maximum Gasteiger partial charge on any atom is 0.321 e. The zero-order valence-electron chi connectivity index (χ0n) is 14.0. The molecule has 1 aliphatic carbocycles. The summed E-state index contributed by atoms with van der Waals surface area (Å²) in [7, 11) is 0. The topological polar surface area (TPSA) is 47.0 Å². The SMILES string of the molecule is Cc1ccc(C)c(NOc2nc(C3(c4ccc(Cl)cc4)CC3)ns2)c1. The first kappa shape index (κ1) is 16.4. The van der Waals surface area contributed by atoms with E-state index in [0.29, 0.717) is 5.19 Å². The molecule has 0 spiro atoms. The van der Waals surface area contributed by atoms with Crippen molar-refractivity contribution in [1.82, 2.24) is 9.36 Å². The highest BCUT2D eigenvalue weighted by atomic mass is 35.5. The van der Waals surface area contributed by atoms with Gasteiger partial charge >= 0.3 is 5.19 Å². The van der Waals surface area contributed by atoms with Crippen molar-refractivity contribution in [2.75, 3.05) is 5.48 Å². The van der Waals surface area contributed by atoms with Gasteiger partial charge in [0.1, 0.15) is 0 Å². The lowest BCUT2D eigenvalue weighted by Gasteiger charge is -2.11. The molecule has 0 bridgehead atoms. The first-order valence-corrected chi connectivity index (χ1v) is 9.32. The molecule has 6 heteroatoms. The molecule has 1 aliphatic rings. The van der Waals surface area contributed by atoms with Crippen molar-refractivity contribution in [2.45, 2.75) is 32.1 Å². The monoisotopic (exact) mass is 371 g/mol. The van der Waals surface area contributed by atoms with Crippen molar-refractivity contribution in [3.05, 3.63) is 70.0 Å². The molecular formula is C19H18ClN3OS. The minimum Gasteiger partial charge on any atom is -0.348 e. The third-order valence-electron chi connectivity index (χ3n) is 4.62. The van der Waals surface area contributed by atoms with Crippen LogP contribution in [0.3, 0.4) is 0 Å². The first-order valence-electron chi connectivity index (χ1n) is 8.17. The molecule has 4 rings (SSSR count). The van der Waals surface area contributed by atoms with Crippen molar-refractivity contribution >= 4 is 28.8 Å². The number of aromatic nitrogens is 2. The van der Waals surface area contributed by atoms with Crippen LogP contribution in [0.2, 0.25) is 5.02 Å². The number of hydrogen-bond donors (Lipinski definition) is 1. The summed E-state index contributed by atoms with van der Waals surface area (Å²) in [5.74, 6) is 0.831. The van der Waals surface area contributed by atoms with E-state index in [-0.39, 0.29) is 5.41 Å². The highest BCUT2D eigenvalue weighted by Crippen LogP contribution is 2.53. The van der Waals surface area contributed by atoms with Crippen LogP contribution >= 0.6 is 23.1 Å². The average Bonchev–Trinajstić information content (AvgIpc) is 3.27. The molecule has 25 heavy (non-hydrogen) atoms. The number of nitrogens with zero attached hydrogens (tertiary/aromatic N) is 2. The average molecular weight is 372 g/mol. The van der Waals surface area contributed by atoms with E-state index < -0.39 is 0 Å². The molecule has 3 aromatic rings. The summed E-state index contributed by atoms with van der Waals surface area (Å²) in [6, 6.07) is 14.1. The Morgan fingerprint density at radius 1 is 1.12 bits per heavy atom. The molecule has 0 saturated heterocycles. The number of nitrogens with one attached hydrogen (secondary N) is 1. The van der Waals surface area contributed by atoms with Crippen LogP contribution < -0.4 is 10.3 Å². The van der Waals surface area contributed by atoms with Crippen LogP contribution in [0.5, 0.6) is 5.19 Å². The van der Waals surface area contributed by atoms with Gasteiger partial charge in [0.05, 0.1) is 11.1 Å². The summed E-state index contributed by atoms with van der Waals surface area (Å²) in [5, 5.41) is 1.27. The van der Waals surface area contributed by atoms with Crippen LogP contribution in [0.15, 0.2) is 42.5 Å². The molecule has 2 aromatic carbocycles. The third-order valence-corrected chi connectivity index (χ3v) is 5.47. The summed E-state index contributed by atoms with van der Waals surface area (Å²) in [4.78, 5) is 10.3. The lowest BCUT2D eigenvalue weighted by molar-refractivity contribution is 0.400. The van der Waals surface area contributed by atoms with E-state index >= 15 is 0 Å². The molecule has 1 fully saturated rings. The Balaban J connectivity index is 1.51. The van der Waals surface area contributed by atoms with Gasteiger partial charge in [0.25, 0.3) is 0 Å². The Bertz CT molecular complexity index is 903. The number of rotatable bonds is 5. The van der Waals surface area contributed by atoms with Crippen LogP contribution in [0.1, 0.15) is 35.4 Å². The van der Waals surface area contributed by atoms with Crippen LogP contribution in [-0.2, 0) is 5.41 Å². The van der Waals surface area contributed by atoms with E-state index in [4.69, 9.17) is 16.4 Å². The maximum atomic E-state index is 6.00. The smallest absolute Gasteiger partial charge is 0.321 e. The van der Waals surface area contributed by atoms with Gasteiger partial charge in [-0.3, -0.25) is 0 Å². The predicted octanol–water partition coefficient (Wildman–Crippen LogP) is 5.29. The minimum absolute atomic E-state index is 0.0814. The Labute approximate surface area is 156 Å². The lowest BCUT2D eigenvalue weighted by Crippen LogP contribution is -2.11. The van der Waals surface area contributed by atoms with E-state index in [1.54, 1.807) is 0 Å². The van der Waals surface area contributed by atoms with E-state index in [1.165, 1.54) is 22.7 Å². The normalized spacial score (nSPS) is 15.0. The van der Waals surface area contributed by atoms with Gasteiger partial charge in [-0.1, -0.05) is 35.9 Å². The number of anilines is 1. The van der Waals surface area contributed by atoms with Crippen LogP contribution in [0, 0.1) is 13.8 Å². The highest BCUT2D eigenvalue weighted by molar-refractivity contribution is 7.07. The maximum absolute atomic E-state index is 6.00. The van der Waals surface area contributed by atoms with Gasteiger partial charge in [0, 0.05) is 16.6 Å². The molecule has 0 aliphatic heterocycles. The highest BCUT2D eigenvalue weighted by Gasteiger charge is 2.49. The van der Waals surface area contributed by atoms with Gasteiger partial charge in [-0.15, -0.1) is 0 Å². The van der Waals surface area contributed by atoms with Gasteiger partial charge < -0.3 is 4.84 Å². The zero-order chi connectivity index (χ0) is 17.4. The molecule has 0 radical (unpaired) electrons. The summed E-state index contributed by atoms with van der Waals surface area (Å²) in [6.07, 6.45) is 2.10. The van der Waals surface area contributed by atoms with Gasteiger partial charge in [-0.25, -0.2) is 5.48 Å². The van der Waals surface area contributed by atoms with Crippen LogP contribution in [0.25, 0.3) is 0 Å². The fourth-order valence-corrected chi connectivity index (χ4v) is 3.64. The summed E-state index contributed by atoms with van der Waals surface area (Å²) >= 11 is 7.27. The molecule has 0 unspecified atom stereocenters. The zero-order valence-corrected chi connectivity index (χ0v) is 15.6. The predicted molar refractivity (Wildman–Crippen MR) is 102 cm³/mol. The number of hydrogen-bond acceptors (Lipinski definition) is 5. The molecule has 1 saturated carbocycles. The van der Waals surface area contributed by atoms with Gasteiger partial charge in [0.15, 0.2) is 5.82 Å². The second-order valence-electron chi connectivity index (χ2n) is 6.50. The standard InChI is InChI=1S/C19H18ClN3OS/c1-12-3-4-13(2)16(11-12)22-24-18-21-17(23-25-18)19(9-10-19)14-5-7-15(20)8-6-14/h3-8,11,22H,9-10H2,1-2H3. The van der Waals surface area contributed by atoms with Crippen molar-refractivity contribution in [2.24, 2.45) is 0 Å². The fourth-order valence-electron chi connectivity index (χ4n) is 2.93. The van der Waals surface area contributed by atoms with Gasteiger partial charge in [0.2, 0.25) is 0 Å². The Kier molecular flexibility index (Phi) is 4.13. The number of aryl methyl sites for hydroxylation is 2. The molecule has 1 heterocycles. The van der Waals surface area contributed by atoms with E-state index in [1.807, 2.05) is 25.1 Å². The summed E-state index contributed by atoms with van der Waals surface area (Å²) < 4.78 is 4.53. The molecule has 4 nitrogen and oxygen atoms in total. The number of halogens is 1. The fraction of sp³-hybridized carbons (Fsp3) is 0.263. The second-order valence-corrected chi connectivity index (χ2v) is 7.65. The Morgan fingerprint density at radius 2 is 1.88 bits per heavy atom. The van der Waals surface area contributed by atoms with E-state index in [9.17, 15) is 0 Å². The van der Waals surface area contributed by atoms with E-state index in [0.717, 1.165) is 34.9 Å². The molecule has 128 valence electrons. The molecule has 1 N–H and O–H groups in total. The summed E-state index contributed by atoms with van der Waals surface area (Å²) in [5.41, 5.74) is 7.36. The Hall–Kier alpha value is -2.11. The lowest BCUT2D eigenvalue weighted by atomic mass is 9.95. The quantitative estimate of drug-likeness (QED) is 0.618. The van der Waals surface area contributed by atoms with Crippen molar-refractivity contribution in [3.63, 3.8) is 0 Å². The van der Waals surface area contributed by atoms with Crippen molar-refractivity contribution < 1.29 is 4.84 Å². The molecule has 1 aromatic heterocycles. The number of benzene rings is 2. The molecular weight excluding hydrogens is 354 g/mol. The van der Waals surface area contributed by atoms with Crippen LogP contribution in [0.4, 0.5) is 5.69 Å². The van der Waals surface area contributed by atoms with E-state index in [2.05, 4.69) is 46.0 Å². The van der Waals surface area contributed by atoms with Crippen molar-refractivity contribution in [3.8, 4) is 5.19 Å². The van der Waals surface area contributed by atoms with Gasteiger partial charge in [-0.05, 0) is 61.6 Å². The third kappa shape index (κ3) is 3.22. The minimum atomic E-state index is -0.0814. The summed E-state index contributed by atoms with van der Waals surface area (Å²) in [6.45, 7) is 4.09. The Morgan fingerprint density at radius 3 is 2.60 bits per heavy atom. The van der Waals surface area contributed by atoms with Gasteiger partial charge in [-0.2, -0.15) is 9.36 Å². The van der Waals surface area contributed by atoms with Crippen molar-refractivity contribution in [1.29, 1.82) is 0 Å². The second kappa shape index (κ2) is 6.32. The largest absolute Gasteiger partial charge is 0.348 e. The molecule has 0 atom stereocenters.